The fraction of sp³-hybridized carbons (Fsp3) is 0.276. The Labute approximate surface area is 221 Å². The maximum absolute atomic E-state index is 13.9. The molecule has 5 rings (SSSR count). The minimum atomic E-state index is -4.70. The van der Waals surface area contributed by atoms with Crippen LogP contribution in [0.4, 0.5) is 17.6 Å². The van der Waals surface area contributed by atoms with Crippen molar-refractivity contribution in [1.29, 1.82) is 5.41 Å². The summed E-state index contributed by atoms with van der Waals surface area (Å²) in [4.78, 5) is 17.1. The Morgan fingerprint density at radius 2 is 1.95 bits per heavy atom. The smallest absolute Gasteiger partial charge is 0.432 e. The van der Waals surface area contributed by atoms with Gasteiger partial charge in [0, 0.05) is 17.3 Å². The second-order valence-electron chi connectivity index (χ2n) is 9.88. The van der Waals surface area contributed by atoms with Crippen LogP contribution in [0.25, 0.3) is 11.1 Å². The average Bonchev–Trinajstić information content (AvgIpc) is 3.70. The summed E-state index contributed by atoms with van der Waals surface area (Å²) in [5.74, 6) is -0.615. The molecule has 0 bridgehead atoms. The van der Waals surface area contributed by atoms with Crippen LogP contribution >= 0.6 is 0 Å². The van der Waals surface area contributed by atoms with E-state index >= 15 is 0 Å². The SMILES string of the molecule is Cc1cc(C(NC(=O)c2cc(Cn3c(C)coc3=N)cc(-c3cccnc3C(F)(F)F)c2)C2CC2)ccc1F. The molecule has 1 unspecified atom stereocenters. The van der Waals surface area contributed by atoms with Crippen LogP contribution in [0.15, 0.2) is 65.4 Å². The first-order valence-electron chi connectivity index (χ1n) is 12.4. The number of carbonyl (C=O) groups is 1. The van der Waals surface area contributed by atoms with Gasteiger partial charge in [0.2, 0.25) is 0 Å². The summed E-state index contributed by atoms with van der Waals surface area (Å²) in [6, 6.07) is 11.7. The minimum absolute atomic E-state index is 0.111. The standard InChI is InChI=1S/C29H26F4N4O2/c1-16-10-20(7-8-24(16)30)25(19-5-6-19)36-27(38)22-12-18(14-37-17(2)15-39-28(37)34)11-21(13-22)23-4-3-9-35-26(23)29(31,32)33/h3-4,7-13,15,19,25,34H,5-6,14H2,1-2H3,(H,36,38). The Kier molecular flexibility index (Phi) is 6.88. The molecule has 6 nitrogen and oxygen atoms in total. The number of benzene rings is 2. The van der Waals surface area contributed by atoms with Crippen LogP contribution in [-0.2, 0) is 12.7 Å². The maximum atomic E-state index is 13.9. The van der Waals surface area contributed by atoms with Gasteiger partial charge < -0.3 is 9.73 Å². The van der Waals surface area contributed by atoms with Crippen molar-refractivity contribution in [3.8, 4) is 11.1 Å². The van der Waals surface area contributed by atoms with Crippen molar-refractivity contribution < 1.29 is 26.8 Å². The fourth-order valence-electron chi connectivity index (χ4n) is 4.73. The molecule has 1 atom stereocenters. The highest BCUT2D eigenvalue weighted by molar-refractivity contribution is 5.96. The van der Waals surface area contributed by atoms with Gasteiger partial charge in [0.05, 0.1) is 18.3 Å². The van der Waals surface area contributed by atoms with Crippen molar-refractivity contribution in [1.82, 2.24) is 14.9 Å². The number of aryl methyl sites for hydroxylation is 2. The molecule has 1 aliphatic carbocycles. The highest BCUT2D eigenvalue weighted by Crippen LogP contribution is 2.42. The molecule has 0 saturated heterocycles. The van der Waals surface area contributed by atoms with Crippen molar-refractivity contribution in [2.75, 3.05) is 0 Å². The lowest BCUT2D eigenvalue weighted by molar-refractivity contribution is -0.140. The van der Waals surface area contributed by atoms with Gasteiger partial charge in [0.15, 0.2) is 5.69 Å². The molecule has 2 N–H and O–H groups in total. The molecular weight excluding hydrogens is 512 g/mol. The average molecular weight is 539 g/mol. The molecular formula is C29H26F4N4O2. The Hall–Kier alpha value is -4.21. The van der Waals surface area contributed by atoms with Crippen LogP contribution in [0.5, 0.6) is 0 Å². The number of amides is 1. The number of nitrogens with zero attached hydrogens (tertiary/aromatic N) is 2. The van der Waals surface area contributed by atoms with Gasteiger partial charge in [0.25, 0.3) is 11.6 Å². The van der Waals surface area contributed by atoms with Crippen LogP contribution in [0.3, 0.4) is 0 Å². The highest BCUT2D eigenvalue weighted by Gasteiger charge is 2.36. The van der Waals surface area contributed by atoms with Gasteiger partial charge in [-0.2, -0.15) is 13.2 Å². The molecule has 0 spiro atoms. The van der Waals surface area contributed by atoms with E-state index in [9.17, 15) is 22.4 Å². The van der Waals surface area contributed by atoms with Crippen LogP contribution in [0, 0.1) is 31.0 Å². The number of aromatic nitrogens is 2. The van der Waals surface area contributed by atoms with E-state index < -0.39 is 17.8 Å². The lowest BCUT2D eigenvalue weighted by Crippen LogP contribution is -2.30. The van der Waals surface area contributed by atoms with E-state index in [4.69, 9.17) is 9.83 Å². The van der Waals surface area contributed by atoms with E-state index in [-0.39, 0.29) is 46.7 Å². The van der Waals surface area contributed by atoms with Crippen molar-refractivity contribution in [3.05, 3.63) is 106 Å². The molecule has 2 aromatic carbocycles. The number of hydrogen-bond acceptors (Lipinski definition) is 4. The molecule has 1 saturated carbocycles. The van der Waals surface area contributed by atoms with Gasteiger partial charge in [-0.1, -0.05) is 18.2 Å². The number of alkyl halides is 3. The van der Waals surface area contributed by atoms with Crippen molar-refractivity contribution >= 4 is 5.91 Å². The lowest BCUT2D eigenvalue weighted by atomic mass is 9.96. The molecule has 39 heavy (non-hydrogen) atoms. The largest absolute Gasteiger partial charge is 0.433 e. The van der Waals surface area contributed by atoms with Crippen molar-refractivity contribution in [2.24, 2.45) is 5.92 Å². The Bertz CT molecular complexity index is 1600. The van der Waals surface area contributed by atoms with E-state index in [1.165, 1.54) is 30.5 Å². The normalized spacial score (nSPS) is 14.3. The van der Waals surface area contributed by atoms with Gasteiger partial charge in [-0.15, -0.1) is 0 Å². The molecule has 10 heteroatoms. The zero-order valence-corrected chi connectivity index (χ0v) is 21.3. The number of halogens is 4. The van der Waals surface area contributed by atoms with E-state index in [2.05, 4.69) is 10.3 Å². The number of nitrogens with one attached hydrogen (secondary N) is 2. The first kappa shape index (κ1) is 26.4. The van der Waals surface area contributed by atoms with Gasteiger partial charge >= 0.3 is 6.18 Å². The predicted molar refractivity (Wildman–Crippen MR) is 135 cm³/mol. The molecule has 4 aromatic rings. The molecule has 2 heterocycles. The molecule has 0 aliphatic heterocycles. The third kappa shape index (κ3) is 5.64. The Balaban J connectivity index is 1.57. The molecule has 1 aliphatic rings. The fourth-order valence-corrected chi connectivity index (χ4v) is 4.73. The number of hydrogen-bond donors (Lipinski definition) is 2. The summed E-state index contributed by atoms with van der Waals surface area (Å²) in [7, 11) is 0. The maximum Gasteiger partial charge on any atom is 0.433 e. The summed E-state index contributed by atoms with van der Waals surface area (Å²) in [5.41, 5.74) is 1.40. The minimum Gasteiger partial charge on any atom is -0.432 e. The first-order chi connectivity index (χ1) is 18.5. The van der Waals surface area contributed by atoms with Crippen molar-refractivity contribution in [2.45, 2.75) is 45.5 Å². The van der Waals surface area contributed by atoms with Crippen molar-refractivity contribution in [3.63, 3.8) is 0 Å². The predicted octanol–water partition coefficient (Wildman–Crippen LogP) is 6.33. The van der Waals surface area contributed by atoms with Crippen LogP contribution in [0.2, 0.25) is 0 Å². The number of carbonyl (C=O) groups excluding carboxylic acids is 1. The molecule has 202 valence electrons. The molecule has 2 aromatic heterocycles. The topological polar surface area (TPSA) is 83.9 Å². The second-order valence-corrected chi connectivity index (χ2v) is 9.88. The van der Waals surface area contributed by atoms with Gasteiger partial charge in [-0.05, 0) is 85.2 Å². The summed E-state index contributed by atoms with van der Waals surface area (Å²) in [5, 5.41) is 11.0. The monoisotopic (exact) mass is 538 g/mol. The van der Waals surface area contributed by atoms with Crippen LogP contribution in [0.1, 0.15) is 57.3 Å². The van der Waals surface area contributed by atoms with E-state index in [1.807, 2.05) is 0 Å². The van der Waals surface area contributed by atoms with Gasteiger partial charge in [0.1, 0.15) is 12.1 Å². The Morgan fingerprint density at radius 3 is 2.59 bits per heavy atom. The second kappa shape index (κ2) is 10.2. The highest BCUT2D eigenvalue weighted by atomic mass is 19.4. The summed E-state index contributed by atoms with van der Waals surface area (Å²) in [6.45, 7) is 3.51. The van der Waals surface area contributed by atoms with Gasteiger partial charge in [-0.25, -0.2) is 4.39 Å². The van der Waals surface area contributed by atoms with Crippen LogP contribution < -0.4 is 11.0 Å². The summed E-state index contributed by atoms with van der Waals surface area (Å²) >= 11 is 0. The Morgan fingerprint density at radius 1 is 1.18 bits per heavy atom. The molecule has 1 fully saturated rings. The summed E-state index contributed by atoms with van der Waals surface area (Å²) in [6.07, 6.45) is -0.407. The third-order valence-electron chi connectivity index (χ3n) is 6.92. The zero-order chi connectivity index (χ0) is 27.9. The molecule has 1 amide bonds. The lowest BCUT2D eigenvalue weighted by Gasteiger charge is -2.20. The van der Waals surface area contributed by atoms with E-state index in [0.29, 0.717) is 16.8 Å². The van der Waals surface area contributed by atoms with E-state index in [1.54, 1.807) is 42.7 Å². The van der Waals surface area contributed by atoms with E-state index in [0.717, 1.165) is 24.6 Å². The summed E-state index contributed by atoms with van der Waals surface area (Å²) < 4.78 is 62.0. The number of oxazole rings is 1. The molecule has 0 radical (unpaired) electrons. The first-order valence-corrected chi connectivity index (χ1v) is 12.4. The zero-order valence-electron chi connectivity index (χ0n) is 21.3. The van der Waals surface area contributed by atoms with Gasteiger partial charge in [-0.3, -0.25) is 19.8 Å². The van der Waals surface area contributed by atoms with Crippen LogP contribution in [-0.4, -0.2) is 15.5 Å². The third-order valence-corrected chi connectivity index (χ3v) is 6.92. The number of pyridine rings is 1. The number of rotatable bonds is 7. The quantitative estimate of drug-likeness (QED) is 0.270.